The maximum absolute atomic E-state index is 5.88. The number of nitrogens with one attached hydrogen (secondary N) is 1. The Hall–Kier alpha value is -3.79. The molecular weight excluding hydrogens is 368 g/mol. The number of aliphatic imine (C=N–C) groups is 1. The number of hydrogen-bond donors (Lipinski definition) is 3. The molecule has 0 aliphatic heterocycles. The summed E-state index contributed by atoms with van der Waals surface area (Å²) in [6, 6.07) is 18.1. The van der Waals surface area contributed by atoms with Crippen molar-refractivity contribution in [3.8, 4) is 0 Å². The molecule has 5 N–H and O–H groups in total. The molecule has 0 bridgehead atoms. The fourth-order valence-corrected chi connectivity index (χ4v) is 2.90. The smallest absolute Gasteiger partial charge is 0.123 e. The van der Waals surface area contributed by atoms with Crippen LogP contribution in [-0.4, -0.2) is 5.71 Å². The summed E-state index contributed by atoms with van der Waals surface area (Å²) in [6.45, 7) is 11.5. The lowest BCUT2D eigenvalue weighted by Gasteiger charge is -2.10. The average molecular weight is 399 g/mol. The average Bonchev–Trinajstić information content (AvgIpc) is 2.68. The number of hydrogen-bond acceptors (Lipinski definition) is 4. The fraction of sp³-hybridized carbons (Fsp3) is 0.115. The van der Waals surface area contributed by atoms with Gasteiger partial charge in [-0.1, -0.05) is 67.8 Å². The van der Waals surface area contributed by atoms with Crippen LogP contribution in [0.5, 0.6) is 0 Å². The first-order valence-corrected chi connectivity index (χ1v) is 9.75. The maximum Gasteiger partial charge on any atom is 0.123 e. The molecule has 0 atom stereocenters. The Kier molecular flexibility index (Phi) is 8.45. The molecule has 0 spiro atoms. The molecule has 2 aromatic rings. The molecule has 0 fully saturated rings. The van der Waals surface area contributed by atoms with Gasteiger partial charge in [-0.3, -0.25) is 0 Å². The van der Waals surface area contributed by atoms with Gasteiger partial charge in [0.25, 0.3) is 0 Å². The molecule has 4 nitrogen and oxygen atoms in total. The Bertz CT molecular complexity index is 983. The van der Waals surface area contributed by atoms with Crippen LogP contribution in [0.25, 0.3) is 5.57 Å². The van der Waals surface area contributed by atoms with Gasteiger partial charge in [0.05, 0.1) is 0 Å². The van der Waals surface area contributed by atoms with Crippen LogP contribution >= 0.6 is 0 Å². The number of allylic oxidation sites excluding steroid dienone is 7. The Labute approximate surface area is 179 Å². The normalized spacial score (nSPS) is 13.1. The van der Waals surface area contributed by atoms with Gasteiger partial charge < -0.3 is 16.8 Å². The second-order valence-corrected chi connectivity index (χ2v) is 7.05. The molecule has 2 rings (SSSR count). The summed E-state index contributed by atoms with van der Waals surface area (Å²) < 4.78 is 0. The SMILES string of the molecule is C=C/C=C(\C=C(\C)N)c1ccc(NC(=C)/N=C(\C=C(\C)N)Cc2ccccc2)cc1. The quantitative estimate of drug-likeness (QED) is 0.383. The standard InChI is InChI=1S/C26H30N4/c1-5-9-24(16-19(2)27)23-12-14-25(15-13-23)29-21(4)30-26(17-20(3)28)18-22-10-7-6-8-11-22/h5-17,29H,1,4,18,27-28H2,2-3H3/b19-16-,20-17-,24-9+,30-26+. The molecule has 0 aliphatic rings. The molecule has 4 heteroatoms. The zero-order chi connectivity index (χ0) is 21.9. The van der Waals surface area contributed by atoms with Gasteiger partial charge in [0.1, 0.15) is 5.82 Å². The molecule has 2 aromatic carbocycles. The van der Waals surface area contributed by atoms with Crippen LogP contribution in [0.3, 0.4) is 0 Å². The minimum atomic E-state index is 0.547. The van der Waals surface area contributed by atoms with Gasteiger partial charge in [0.15, 0.2) is 0 Å². The molecular formula is C26H30N4. The Morgan fingerprint density at radius 2 is 1.60 bits per heavy atom. The third-order valence-electron chi connectivity index (χ3n) is 4.09. The maximum atomic E-state index is 5.88. The topological polar surface area (TPSA) is 76.4 Å². The van der Waals surface area contributed by atoms with Gasteiger partial charge in [-0.15, -0.1) is 0 Å². The highest BCUT2D eigenvalue weighted by Crippen LogP contribution is 2.20. The number of benzene rings is 2. The minimum Gasteiger partial charge on any atom is -0.402 e. The van der Waals surface area contributed by atoms with Gasteiger partial charge >= 0.3 is 0 Å². The highest BCUT2D eigenvalue weighted by molar-refractivity contribution is 5.97. The Balaban J connectivity index is 2.16. The number of nitrogens with two attached hydrogens (primary N) is 2. The summed E-state index contributed by atoms with van der Waals surface area (Å²) in [5.74, 6) is 0.547. The third kappa shape index (κ3) is 7.68. The molecule has 0 saturated carbocycles. The van der Waals surface area contributed by atoms with E-state index in [1.807, 2.05) is 74.5 Å². The van der Waals surface area contributed by atoms with Crippen LogP contribution in [0.4, 0.5) is 5.69 Å². The van der Waals surface area contributed by atoms with E-state index in [4.69, 9.17) is 11.5 Å². The van der Waals surface area contributed by atoms with Gasteiger partial charge in [0.2, 0.25) is 0 Å². The van der Waals surface area contributed by atoms with Crippen LogP contribution in [-0.2, 0) is 6.42 Å². The predicted molar refractivity (Wildman–Crippen MR) is 131 cm³/mol. The van der Waals surface area contributed by atoms with Gasteiger partial charge in [0, 0.05) is 29.2 Å². The summed E-state index contributed by atoms with van der Waals surface area (Å²) in [6.07, 6.45) is 8.15. The van der Waals surface area contributed by atoms with E-state index in [1.165, 1.54) is 0 Å². The predicted octanol–water partition coefficient (Wildman–Crippen LogP) is 5.55. The van der Waals surface area contributed by atoms with Gasteiger partial charge in [-0.2, -0.15) is 0 Å². The van der Waals surface area contributed by atoms with Crippen molar-refractivity contribution >= 4 is 17.0 Å². The fourth-order valence-electron chi connectivity index (χ4n) is 2.90. The van der Waals surface area contributed by atoms with E-state index in [0.717, 1.165) is 33.8 Å². The molecule has 0 saturated heterocycles. The second-order valence-electron chi connectivity index (χ2n) is 7.05. The Morgan fingerprint density at radius 3 is 2.17 bits per heavy atom. The number of anilines is 1. The first-order valence-electron chi connectivity index (χ1n) is 9.75. The minimum absolute atomic E-state index is 0.547. The summed E-state index contributed by atoms with van der Waals surface area (Å²) in [4.78, 5) is 4.64. The first kappa shape index (κ1) is 22.5. The molecule has 30 heavy (non-hydrogen) atoms. The van der Waals surface area contributed by atoms with E-state index in [-0.39, 0.29) is 0 Å². The van der Waals surface area contributed by atoms with Crippen LogP contribution in [0, 0.1) is 0 Å². The largest absolute Gasteiger partial charge is 0.402 e. The number of nitrogens with zero attached hydrogens (tertiary/aromatic N) is 1. The van der Waals surface area contributed by atoms with Crippen molar-refractivity contribution in [2.45, 2.75) is 20.3 Å². The lowest BCUT2D eigenvalue weighted by Crippen LogP contribution is -2.06. The van der Waals surface area contributed by atoms with E-state index in [2.05, 4.69) is 35.6 Å². The highest BCUT2D eigenvalue weighted by atomic mass is 15.0. The van der Waals surface area contributed by atoms with E-state index >= 15 is 0 Å². The van der Waals surface area contributed by atoms with Crippen molar-refractivity contribution in [2.75, 3.05) is 5.32 Å². The molecule has 0 aliphatic carbocycles. The first-order chi connectivity index (χ1) is 14.4. The van der Waals surface area contributed by atoms with Crippen molar-refractivity contribution in [3.63, 3.8) is 0 Å². The molecule has 0 aromatic heterocycles. The number of rotatable bonds is 9. The third-order valence-corrected chi connectivity index (χ3v) is 4.09. The molecule has 0 heterocycles. The summed E-state index contributed by atoms with van der Waals surface area (Å²) in [7, 11) is 0. The lowest BCUT2D eigenvalue weighted by atomic mass is 10.0. The van der Waals surface area contributed by atoms with Gasteiger partial charge in [-0.25, -0.2) is 4.99 Å². The van der Waals surface area contributed by atoms with Crippen molar-refractivity contribution in [1.82, 2.24) is 0 Å². The van der Waals surface area contributed by atoms with Crippen molar-refractivity contribution in [2.24, 2.45) is 16.5 Å². The van der Waals surface area contributed by atoms with Crippen molar-refractivity contribution in [3.05, 3.63) is 120 Å². The van der Waals surface area contributed by atoms with Crippen LogP contribution in [0.1, 0.15) is 25.0 Å². The van der Waals surface area contributed by atoms with Crippen LogP contribution in [0.15, 0.2) is 114 Å². The molecule has 0 unspecified atom stereocenters. The summed E-state index contributed by atoms with van der Waals surface area (Å²) in [5.41, 5.74) is 18.1. The van der Waals surface area contributed by atoms with Gasteiger partial charge in [-0.05, 0) is 54.8 Å². The zero-order valence-corrected chi connectivity index (χ0v) is 17.7. The molecule has 0 amide bonds. The summed E-state index contributed by atoms with van der Waals surface area (Å²) >= 11 is 0. The van der Waals surface area contributed by atoms with Crippen LogP contribution in [0.2, 0.25) is 0 Å². The van der Waals surface area contributed by atoms with E-state index < -0.39 is 0 Å². The summed E-state index contributed by atoms with van der Waals surface area (Å²) in [5, 5.41) is 3.24. The van der Waals surface area contributed by atoms with Crippen LogP contribution < -0.4 is 16.8 Å². The molecule has 154 valence electrons. The van der Waals surface area contributed by atoms with E-state index in [1.54, 1.807) is 6.08 Å². The zero-order valence-electron chi connectivity index (χ0n) is 17.7. The van der Waals surface area contributed by atoms with E-state index in [9.17, 15) is 0 Å². The monoisotopic (exact) mass is 398 g/mol. The van der Waals surface area contributed by atoms with E-state index in [0.29, 0.717) is 17.9 Å². The van der Waals surface area contributed by atoms with Crippen molar-refractivity contribution in [1.29, 1.82) is 0 Å². The highest BCUT2D eigenvalue weighted by Gasteiger charge is 2.03. The Morgan fingerprint density at radius 1 is 0.967 bits per heavy atom. The lowest BCUT2D eigenvalue weighted by molar-refractivity contribution is 1.24. The molecule has 0 radical (unpaired) electrons. The van der Waals surface area contributed by atoms with Crippen molar-refractivity contribution < 1.29 is 0 Å². The second kappa shape index (κ2) is 11.3.